The van der Waals surface area contributed by atoms with E-state index < -0.39 is 22.0 Å². The van der Waals surface area contributed by atoms with Gasteiger partial charge in [-0.15, -0.1) is 0 Å². The van der Waals surface area contributed by atoms with Crippen LogP contribution in [0.4, 0.5) is 0 Å². The van der Waals surface area contributed by atoms with Crippen LogP contribution in [0, 0.1) is 13.8 Å². The molecule has 1 heterocycles. The second-order valence-corrected chi connectivity index (χ2v) is 9.75. The average molecular weight is 482 g/mol. The van der Waals surface area contributed by atoms with E-state index in [2.05, 4.69) is 43.6 Å². The number of hydrogen-bond acceptors (Lipinski definition) is 5. The van der Waals surface area contributed by atoms with Crippen molar-refractivity contribution in [3.8, 4) is 0 Å². The number of aryl methyl sites for hydroxylation is 1. The molecule has 0 aliphatic heterocycles. The zero-order valence-corrected chi connectivity index (χ0v) is 20.9. The fourth-order valence-corrected chi connectivity index (χ4v) is 5.11. The lowest BCUT2D eigenvalue weighted by molar-refractivity contribution is -0.159. The zero-order valence-electron chi connectivity index (χ0n) is 20.1. The molecular formula is C23H35N3O6S. The molecule has 33 heavy (non-hydrogen) atoms. The minimum Gasteiger partial charge on any atom is -0.473 e. The highest BCUT2D eigenvalue weighted by Gasteiger charge is 2.21. The highest BCUT2D eigenvalue weighted by Crippen LogP contribution is 2.20. The highest BCUT2D eigenvalue weighted by molar-refractivity contribution is 7.89. The number of nitrogens with zero attached hydrogens (tertiary/aromatic N) is 2. The molecule has 0 saturated heterocycles. The van der Waals surface area contributed by atoms with Crippen LogP contribution in [0.1, 0.15) is 56.3 Å². The van der Waals surface area contributed by atoms with Gasteiger partial charge in [0.05, 0.1) is 4.90 Å². The van der Waals surface area contributed by atoms with Crippen LogP contribution in [0.15, 0.2) is 35.2 Å². The number of rotatable bonds is 9. The van der Waals surface area contributed by atoms with Gasteiger partial charge in [-0.25, -0.2) is 18.0 Å². The molecule has 0 aliphatic rings. The summed E-state index contributed by atoms with van der Waals surface area (Å²) in [4.78, 5) is 18.6. The molecule has 0 aliphatic carbocycles. The van der Waals surface area contributed by atoms with E-state index in [1.54, 1.807) is 12.1 Å². The average Bonchev–Trinajstić information content (AvgIpc) is 3.02. The maximum absolute atomic E-state index is 12.5. The predicted octanol–water partition coefficient (Wildman–Crippen LogP) is 3.16. The SMILES string of the molecule is CCN(CC)S(=O)(=O)c1ccc(CNCc2cc(C)n(C(C)C)c2C)cc1.O=C(O)C(=O)O. The van der Waals surface area contributed by atoms with Gasteiger partial charge in [0, 0.05) is 43.6 Å². The molecule has 0 amide bonds. The Labute approximate surface area is 196 Å². The molecule has 184 valence electrons. The van der Waals surface area contributed by atoms with Crippen molar-refractivity contribution < 1.29 is 28.2 Å². The zero-order chi connectivity index (χ0) is 25.3. The van der Waals surface area contributed by atoms with Crippen LogP contribution in [0.25, 0.3) is 0 Å². The number of benzene rings is 1. The third-order valence-corrected chi connectivity index (χ3v) is 7.26. The summed E-state index contributed by atoms with van der Waals surface area (Å²) in [5.74, 6) is -3.65. The molecule has 0 unspecified atom stereocenters. The molecule has 0 bridgehead atoms. The van der Waals surface area contributed by atoms with Gasteiger partial charge < -0.3 is 20.1 Å². The van der Waals surface area contributed by atoms with Crippen molar-refractivity contribution in [3.63, 3.8) is 0 Å². The summed E-state index contributed by atoms with van der Waals surface area (Å²) in [5.41, 5.74) is 4.97. The second kappa shape index (κ2) is 12.5. The van der Waals surface area contributed by atoms with Crippen molar-refractivity contribution in [2.75, 3.05) is 13.1 Å². The number of carboxylic acid groups (broad SMARTS) is 2. The van der Waals surface area contributed by atoms with E-state index in [4.69, 9.17) is 19.8 Å². The molecule has 9 nitrogen and oxygen atoms in total. The predicted molar refractivity (Wildman–Crippen MR) is 127 cm³/mol. The third kappa shape index (κ3) is 7.69. The lowest BCUT2D eigenvalue weighted by atomic mass is 10.2. The Morgan fingerprint density at radius 3 is 1.91 bits per heavy atom. The van der Waals surface area contributed by atoms with Gasteiger partial charge in [-0.3, -0.25) is 0 Å². The lowest BCUT2D eigenvalue weighted by Gasteiger charge is -2.18. The first-order chi connectivity index (χ1) is 15.4. The Morgan fingerprint density at radius 1 is 1.00 bits per heavy atom. The first-order valence-corrected chi connectivity index (χ1v) is 12.2. The van der Waals surface area contributed by atoms with Gasteiger partial charge in [0.2, 0.25) is 10.0 Å². The van der Waals surface area contributed by atoms with Gasteiger partial charge >= 0.3 is 11.9 Å². The molecule has 1 aromatic heterocycles. The molecule has 10 heteroatoms. The Kier molecular flexibility index (Phi) is 10.8. The normalized spacial score (nSPS) is 11.4. The molecule has 1 aromatic carbocycles. The maximum Gasteiger partial charge on any atom is 0.414 e. The van der Waals surface area contributed by atoms with Crippen LogP contribution in [0.3, 0.4) is 0 Å². The van der Waals surface area contributed by atoms with Crippen LogP contribution in [0.2, 0.25) is 0 Å². The standard InChI is InChI=1S/C21H33N3O2S.C2H2O4/c1-7-23(8-2)27(25,26)21-11-9-19(10-12-21)14-22-15-20-13-17(5)24(16(3)4)18(20)6;3-1(4)2(5)6/h9-13,16,22H,7-8,14-15H2,1-6H3;(H,3,4)(H,5,6). The minimum atomic E-state index is -3.39. The lowest BCUT2D eigenvalue weighted by Crippen LogP contribution is -2.30. The first kappa shape index (κ1) is 28.3. The summed E-state index contributed by atoms with van der Waals surface area (Å²) in [6.45, 7) is 14.9. The van der Waals surface area contributed by atoms with Gasteiger partial charge in [0.15, 0.2) is 0 Å². The molecule has 2 aromatic rings. The highest BCUT2D eigenvalue weighted by atomic mass is 32.2. The van der Waals surface area contributed by atoms with Crippen LogP contribution in [-0.2, 0) is 32.7 Å². The second-order valence-electron chi connectivity index (χ2n) is 7.81. The van der Waals surface area contributed by atoms with Crippen molar-refractivity contribution in [2.24, 2.45) is 0 Å². The molecule has 0 fully saturated rings. The summed E-state index contributed by atoms with van der Waals surface area (Å²) >= 11 is 0. The van der Waals surface area contributed by atoms with Crippen molar-refractivity contribution in [2.45, 2.75) is 65.6 Å². The van der Waals surface area contributed by atoms with Gasteiger partial charge in [-0.05, 0) is 57.0 Å². The summed E-state index contributed by atoms with van der Waals surface area (Å²) < 4.78 is 28.9. The van der Waals surface area contributed by atoms with Gasteiger partial charge in [-0.2, -0.15) is 4.31 Å². The topological polar surface area (TPSA) is 129 Å². The number of nitrogens with one attached hydrogen (secondary N) is 1. The monoisotopic (exact) mass is 481 g/mol. The van der Waals surface area contributed by atoms with Crippen LogP contribution >= 0.6 is 0 Å². The van der Waals surface area contributed by atoms with Crippen molar-refractivity contribution >= 4 is 22.0 Å². The molecule has 0 spiro atoms. The summed E-state index contributed by atoms with van der Waals surface area (Å²) in [5, 5.41) is 18.3. The van der Waals surface area contributed by atoms with Crippen molar-refractivity contribution in [3.05, 3.63) is 52.8 Å². The first-order valence-electron chi connectivity index (χ1n) is 10.8. The Morgan fingerprint density at radius 2 is 1.52 bits per heavy atom. The number of aromatic nitrogens is 1. The van der Waals surface area contributed by atoms with Gasteiger partial charge in [-0.1, -0.05) is 26.0 Å². The number of carboxylic acids is 2. The number of carbonyl (C=O) groups is 2. The molecular weight excluding hydrogens is 446 g/mol. The Hall–Kier alpha value is -2.69. The number of aliphatic carboxylic acids is 2. The van der Waals surface area contributed by atoms with Crippen molar-refractivity contribution in [1.82, 2.24) is 14.2 Å². The van der Waals surface area contributed by atoms with E-state index >= 15 is 0 Å². The molecule has 0 saturated carbocycles. The van der Waals surface area contributed by atoms with E-state index in [9.17, 15) is 8.42 Å². The smallest absolute Gasteiger partial charge is 0.414 e. The third-order valence-electron chi connectivity index (χ3n) is 5.20. The molecule has 2 rings (SSSR count). The largest absolute Gasteiger partial charge is 0.473 e. The number of sulfonamides is 1. The molecule has 3 N–H and O–H groups in total. The fourth-order valence-electron chi connectivity index (χ4n) is 3.65. The van der Waals surface area contributed by atoms with Crippen LogP contribution in [-0.4, -0.2) is 52.5 Å². The Balaban J connectivity index is 0.000000801. The van der Waals surface area contributed by atoms with Crippen molar-refractivity contribution in [1.29, 1.82) is 0 Å². The summed E-state index contributed by atoms with van der Waals surface area (Å²) in [6, 6.07) is 9.88. The maximum atomic E-state index is 12.5. The fraction of sp³-hybridized carbons (Fsp3) is 0.478. The van der Waals surface area contributed by atoms with Crippen LogP contribution in [0.5, 0.6) is 0 Å². The summed E-state index contributed by atoms with van der Waals surface area (Å²) in [6.07, 6.45) is 0. The molecule has 0 radical (unpaired) electrons. The van der Waals surface area contributed by atoms with Crippen LogP contribution < -0.4 is 5.32 Å². The molecule has 0 atom stereocenters. The van der Waals surface area contributed by atoms with E-state index in [0.29, 0.717) is 30.6 Å². The minimum absolute atomic E-state index is 0.357. The summed E-state index contributed by atoms with van der Waals surface area (Å²) in [7, 11) is -3.39. The quantitative estimate of drug-likeness (QED) is 0.469. The van der Waals surface area contributed by atoms with E-state index in [1.807, 2.05) is 26.0 Å². The van der Waals surface area contributed by atoms with E-state index in [-0.39, 0.29) is 0 Å². The van der Waals surface area contributed by atoms with E-state index in [0.717, 1.165) is 12.1 Å². The van der Waals surface area contributed by atoms with Gasteiger partial charge in [0.25, 0.3) is 0 Å². The van der Waals surface area contributed by atoms with E-state index in [1.165, 1.54) is 21.3 Å². The number of hydrogen-bond donors (Lipinski definition) is 3. The Bertz CT molecular complexity index is 1030. The van der Waals surface area contributed by atoms with Gasteiger partial charge in [0.1, 0.15) is 0 Å².